The van der Waals surface area contributed by atoms with Crippen molar-refractivity contribution in [1.82, 2.24) is 4.98 Å². The zero-order chi connectivity index (χ0) is 12.8. The van der Waals surface area contributed by atoms with Gasteiger partial charge in [0.2, 0.25) is 0 Å². The average molecular weight is 240 g/mol. The molecular weight excluding hydrogens is 220 g/mol. The van der Waals surface area contributed by atoms with E-state index in [4.69, 9.17) is 5.73 Å². The van der Waals surface area contributed by atoms with Crippen molar-refractivity contribution in [2.24, 2.45) is 11.1 Å². The molecule has 0 bridgehead atoms. The molecule has 3 rings (SSSR count). The van der Waals surface area contributed by atoms with Crippen LogP contribution in [0.25, 0.3) is 10.9 Å². The van der Waals surface area contributed by atoms with Gasteiger partial charge in [-0.3, -0.25) is 4.98 Å². The largest absolute Gasteiger partial charge is 0.321 e. The first-order chi connectivity index (χ1) is 8.50. The summed E-state index contributed by atoms with van der Waals surface area (Å²) in [6.07, 6.45) is 5.13. The Morgan fingerprint density at radius 3 is 2.61 bits per heavy atom. The Morgan fingerprint density at radius 1 is 1.11 bits per heavy atom. The molecule has 0 saturated heterocycles. The van der Waals surface area contributed by atoms with Gasteiger partial charge in [0.15, 0.2) is 0 Å². The van der Waals surface area contributed by atoms with E-state index < -0.39 is 0 Å². The molecule has 1 saturated carbocycles. The van der Waals surface area contributed by atoms with Gasteiger partial charge in [-0.1, -0.05) is 38.1 Å². The van der Waals surface area contributed by atoms with Gasteiger partial charge in [-0.25, -0.2) is 0 Å². The molecule has 1 atom stereocenters. The van der Waals surface area contributed by atoms with Crippen LogP contribution in [0.3, 0.4) is 0 Å². The fraction of sp³-hybridized carbons (Fsp3) is 0.438. The van der Waals surface area contributed by atoms with Crippen LogP contribution in [0, 0.1) is 5.41 Å². The molecule has 2 nitrogen and oxygen atoms in total. The first kappa shape index (κ1) is 11.7. The normalized spacial score (nSPS) is 26.6. The molecule has 1 fully saturated rings. The van der Waals surface area contributed by atoms with Gasteiger partial charge in [-0.05, 0) is 36.3 Å². The van der Waals surface area contributed by atoms with Crippen molar-refractivity contribution in [3.8, 4) is 0 Å². The van der Waals surface area contributed by atoms with Crippen LogP contribution >= 0.6 is 0 Å². The summed E-state index contributed by atoms with van der Waals surface area (Å²) in [5.41, 5.74) is 9.09. The van der Waals surface area contributed by atoms with Crippen molar-refractivity contribution in [2.45, 2.75) is 38.6 Å². The van der Waals surface area contributed by atoms with Crippen LogP contribution in [0.4, 0.5) is 0 Å². The summed E-state index contributed by atoms with van der Waals surface area (Å²) in [5.74, 6) is 0. The number of hydrogen-bond acceptors (Lipinski definition) is 2. The lowest BCUT2D eigenvalue weighted by Crippen LogP contribution is -2.34. The lowest BCUT2D eigenvalue weighted by molar-refractivity contribution is 0.340. The standard InChI is InChI=1S/C16H20N2/c1-15(2)8-9-16(17,11-15)13-7-3-5-12-6-4-10-18-14(12)13/h3-7,10H,8-9,11,17H2,1-2H3. The van der Waals surface area contributed by atoms with E-state index in [1.54, 1.807) is 0 Å². The van der Waals surface area contributed by atoms with Crippen molar-refractivity contribution in [1.29, 1.82) is 0 Å². The highest BCUT2D eigenvalue weighted by Crippen LogP contribution is 2.48. The third kappa shape index (κ3) is 1.81. The van der Waals surface area contributed by atoms with E-state index in [1.807, 2.05) is 12.3 Å². The van der Waals surface area contributed by atoms with E-state index in [1.165, 1.54) is 17.4 Å². The summed E-state index contributed by atoms with van der Waals surface area (Å²) in [4.78, 5) is 4.54. The zero-order valence-corrected chi connectivity index (χ0v) is 11.1. The summed E-state index contributed by atoms with van der Waals surface area (Å²) in [6, 6.07) is 10.4. The number of pyridine rings is 1. The summed E-state index contributed by atoms with van der Waals surface area (Å²) >= 11 is 0. The monoisotopic (exact) mass is 240 g/mol. The quantitative estimate of drug-likeness (QED) is 0.827. The van der Waals surface area contributed by atoms with Gasteiger partial charge in [0, 0.05) is 17.1 Å². The Labute approximate surface area is 108 Å². The van der Waals surface area contributed by atoms with Crippen molar-refractivity contribution in [2.75, 3.05) is 0 Å². The van der Waals surface area contributed by atoms with Crippen LogP contribution in [-0.4, -0.2) is 4.98 Å². The number of nitrogens with zero attached hydrogens (tertiary/aromatic N) is 1. The van der Waals surface area contributed by atoms with E-state index in [2.05, 4.69) is 43.1 Å². The lowest BCUT2D eigenvalue weighted by Gasteiger charge is -2.27. The van der Waals surface area contributed by atoms with Gasteiger partial charge in [-0.15, -0.1) is 0 Å². The van der Waals surface area contributed by atoms with Gasteiger partial charge in [0.1, 0.15) is 0 Å². The highest BCUT2D eigenvalue weighted by atomic mass is 14.8. The molecule has 1 aromatic heterocycles. The predicted octanol–water partition coefficient (Wildman–Crippen LogP) is 3.60. The fourth-order valence-corrected chi connectivity index (χ4v) is 3.33. The first-order valence-electron chi connectivity index (χ1n) is 6.63. The molecular formula is C16H20N2. The minimum atomic E-state index is -0.211. The number of hydrogen-bond donors (Lipinski definition) is 1. The van der Waals surface area contributed by atoms with Gasteiger partial charge < -0.3 is 5.73 Å². The molecule has 18 heavy (non-hydrogen) atoms. The summed E-state index contributed by atoms with van der Waals surface area (Å²) in [6.45, 7) is 4.61. The molecule has 94 valence electrons. The first-order valence-corrected chi connectivity index (χ1v) is 6.63. The second-order valence-electron chi connectivity index (χ2n) is 6.38. The number of fused-ring (bicyclic) bond motifs is 1. The number of rotatable bonds is 1. The summed E-state index contributed by atoms with van der Waals surface area (Å²) in [7, 11) is 0. The van der Waals surface area contributed by atoms with Crippen molar-refractivity contribution in [3.05, 3.63) is 42.1 Å². The van der Waals surface area contributed by atoms with Crippen LogP contribution in [0.5, 0.6) is 0 Å². The van der Waals surface area contributed by atoms with Crippen LogP contribution in [0.1, 0.15) is 38.7 Å². The molecule has 0 spiro atoms. The minimum Gasteiger partial charge on any atom is -0.321 e. The molecule has 0 aliphatic heterocycles. The van der Waals surface area contributed by atoms with E-state index in [9.17, 15) is 0 Å². The van der Waals surface area contributed by atoms with Crippen LogP contribution in [0.2, 0.25) is 0 Å². The third-order valence-electron chi connectivity index (χ3n) is 4.21. The molecule has 0 amide bonds. The molecule has 2 N–H and O–H groups in total. The molecule has 1 aromatic carbocycles. The minimum absolute atomic E-state index is 0.211. The number of nitrogens with two attached hydrogens (primary N) is 1. The maximum absolute atomic E-state index is 6.68. The third-order valence-corrected chi connectivity index (χ3v) is 4.21. The smallest absolute Gasteiger partial charge is 0.0752 e. The Balaban J connectivity index is 2.15. The van der Waals surface area contributed by atoms with Gasteiger partial charge >= 0.3 is 0 Å². The molecule has 1 unspecified atom stereocenters. The molecule has 1 heterocycles. The van der Waals surface area contributed by atoms with Crippen molar-refractivity contribution < 1.29 is 0 Å². The number of benzene rings is 1. The van der Waals surface area contributed by atoms with E-state index in [0.717, 1.165) is 18.4 Å². The van der Waals surface area contributed by atoms with E-state index in [-0.39, 0.29) is 5.54 Å². The molecule has 2 heteroatoms. The Hall–Kier alpha value is -1.41. The maximum atomic E-state index is 6.68. The fourth-order valence-electron chi connectivity index (χ4n) is 3.33. The molecule has 1 aliphatic rings. The Kier molecular flexibility index (Phi) is 2.46. The van der Waals surface area contributed by atoms with Gasteiger partial charge in [-0.2, -0.15) is 0 Å². The average Bonchev–Trinajstić information content (AvgIpc) is 2.64. The van der Waals surface area contributed by atoms with Gasteiger partial charge in [0.25, 0.3) is 0 Å². The SMILES string of the molecule is CC1(C)CCC(N)(c2cccc3cccnc23)C1. The topological polar surface area (TPSA) is 38.9 Å². The number of para-hydroxylation sites is 1. The Morgan fingerprint density at radius 2 is 1.89 bits per heavy atom. The lowest BCUT2D eigenvalue weighted by atomic mass is 9.83. The summed E-state index contributed by atoms with van der Waals surface area (Å²) < 4.78 is 0. The number of aromatic nitrogens is 1. The van der Waals surface area contributed by atoms with Crippen molar-refractivity contribution in [3.63, 3.8) is 0 Å². The predicted molar refractivity (Wildman–Crippen MR) is 75.2 cm³/mol. The second kappa shape index (κ2) is 3.79. The molecule has 1 aliphatic carbocycles. The van der Waals surface area contributed by atoms with Crippen LogP contribution in [0.15, 0.2) is 36.5 Å². The zero-order valence-electron chi connectivity index (χ0n) is 11.1. The molecule has 0 radical (unpaired) electrons. The van der Waals surface area contributed by atoms with Gasteiger partial charge in [0.05, 0.1) is 5.52 Å². The van der Waals surface area contributed by atoms with E-state index >= 15 is 0 Å². The maximum Gasteiger partial charge on any atom is 0.0752 e. The summed E-state index contributed by atoms with van der Waals surface area (Å²) in [5, 5.41) is 1.18. The Bertz CT molecular complexity index is 583. The highest BCUT2D eigenvalue weighted by molar-refractivity contribution is 5.82. The second-order valence-corrected chi connectivity index (χ2v) is 6.38. The highest BCUT2D eigenvalue weighted by Gasteiger charge is 2.42. The van der Waals surface area contributed by atoms with E-state index in [0.29, 0.717) is 5.41 Å². The van der Waals surface area contributed by atoms with Crippen LogP contribution in [-0.2, 0) is 5.54 Å². The van der Waals surface area contributed by atoms with Crippen LogP contribution < -0.4 is 5.73 Å². The van der Waals surface area contributed by atoms with Crippen molar-refractivity contribution >= 4 is 10.9 Å². The molecule has 2 aromatic rings.